The Morgan fingerprint density at radius 2 is 2.17 bits per heavy atom. The Morgan fingerprint density at radius 1 is 1.39 bits per heavy atom. The molecule has 1 aromatic carbocycles. The highest BCUT2D eigenvalue weighted by molar-refractivity contribution is 5.35. The quantitative estimate of drug-likeness (QED) is 0.873. The summed E-state index contributed by atoms with van der Waals surface area (Å²) in [5.74, 6) is 0.817. The van der Waals surface area contributed by atoms with Crippen molar-refractivity contribution in [3.05, 3.63) is 41.7 Å². The number of nitrogens with zero attached hydrogens (tertiary/aromatic N) is 3. The van der Waals surface area contributed by atoms with Crippen LogP contribution in [0.3, 0.4) is 0 Å². The van der Waals surface area contributed by atoms with Gasteiger partial charge in [0.15, 0.2) is 0 Å². The Morgan fingerprint density at radius 3 is 2.83 bits per heavy atom. The number of hydrogen-bond acceptors (Lipinski definition) is 4. The molecular weight excluding hydrogens is 228 g/mol. The van der Waals surface area contributed by atoms with E-state index in [4.69, 9.17) is 10.5 Å². The zero-order chi connectivity index (χ0) is 13.0. The molecule has 0 aliphatic carbocycles. The Bertz CT molecular complexity index is 509. The Hall–Kier alpha value is -1.88. The fourth-order valence-electron chi connectivity index (χ4n) is 1.75. The van der Waals surface area contributed by atoms with Gasteiger partial charge in [0.1, 0.15) is 18.1 Å². The third-order valence-electron chi connectivity index (χ3n) is 2.78. The fraction of sp³-hybridized carbons (Fsp3) is 0.385. The lowest BCUT2D eigenvalue weighted by molar-refractivity contribution is 0.296. The van der Waals surface area contributed by atoms with Crippen LogP contribution in [-0.2, 0) is 13.7 Å². The molecule has 0 unspecified atom stereocenters. The zero-order valence-electron chi connectivity index (χ0n) is 10.7. The molecule has 2 aromatic rings. The highest BCUT2D eigenvalue weighted by Crippen LogP contribution is 2.25. The summed E-state index contributed by atoms with van der Waals surface area (Å²) < 4.78 is 7.42. The monoisotopic (exact) mass is 246 g/mol. The maximum atomic E-state index is 6.06. The van der Waals surface area contributed by atoms with Crippen molar-refractivity contribution in [1.82, 2.24) is 15.0 Å². The van der Waals surface area contributed by atoms with Crippen molar-refractivity contribution in [2.75, 3.05) is 0 Å². The van der Waals surface area contributed by atoms with Gasteiger partial charge in [-0.25, -0.2) is 0 Å². The number of nitrogens with two attached hydrogens (primary N) is 1. The van der Waals surface area contributed by atoms with E-state index < -0.39 is 0 Å². The smallest absolute Gasteiger partial charge is 0.134 e. The van der Waals surface area contributed by atoms with Crippen LogP contribution in [0.15, 0.2) is 30.5 Å². The lowest BCUT2D eigenvalue weighted by atomic mass is 10.0. The largest absolute Gasteiger partial charge is 0.487 e. The third kappa shape index (κ3) is 2.87. The SMILES string of the molecule is CC[C@H](N)c1ccccc1OCc1cn(C)nn1. The highest BCUT2D eigenvalue weighted by atomic mass is 16.5. The molecule has 0 aliphatic rings. The molecule has 0 radical (unpaired) electrons. The summed E-state index contributed by atoms with van der Waals surface area (Å²) in [4.78, 5) is 0. The van der Waals surface area contributed by atoms with Gasteiger partial charge in [0.05, 0.1) is 6.20 Å². The van der Waals surface area contributed by atoms with Gasteiger partial charge < -0.3 is 10.5 Å². The summed E-state index contributed by atoms with van der Waals surface area (Å²) in [6, 6.07) is 7.85. The van der Waals surface area contributed by atoms with Crippen LogP contribution in [0.5, 0.6) is 5.75 Å². The number of ether oxygens (including phenoxy) is 1. The van der Waals surface area contributed by atoms with Crippen LogP contribution < -0.4 is 10.5 Å². The van der Waals surface area contributed by atoms with Gasteiger partial charge in [0, 0.05) is 18.7 Å². The lowest BCUT2D eigenvalue weighted by Gasteiger charge is -2.14. The molecule has 0 aliphatic heterocycles. The molecule has 1 atom stereocenters. The van der Waals surface area contributed by atoms with Gasteiger partial charge in [-0.1, -0.05) is 30.3 Å². The van der Waals surface area contributed by atoms with E-state index in [2.05, 4.69) is 17.2 Å². The predicted octanol–water partition coefficient (Wildman–Crippen LogP) is 1.80. The molecule has 18 heavy (non-hydrogen) atoms. The van der Waals surface area contributed by atoms with E-state index in [9.17, 15) is 0 Å². The zero-order valence-corrected chi connectivity index (χ0v) is 10.7. The molecular formula is C13H18N4O. The fourth-order valence-corrected chi connectivity index (χ4v) is 1.75. The minimum absolute atomic E-state index is 0.00283. The average molecular weight is 246 g/mol. The first-order valence-corrected chi connectivity index (χ1v) is 6.03. The van der Waals surface area contributed by atoms with Crippen LogP contribution in [0.4, 0.5) is 0 Å². The first-order chi connectivity index (χ1) is 8.70. The number of para-hydroxylation sites is 1. The van der Waals surface area contributed by atoms with E-state index in [0.717, 1.165) is 23.4 Å². The van der Waals surface area contributed by atoms with E-state index in [1.807, 2.05) is 37.5 Å². The molecule has 1 heterocycles. The van der Waals surface area contributed by atoms with E-state index >= 15 is 0 Å². The van der Waals surface area contributed by atoms with Gasteiger partial charge in [0.2, 0.25) is 0 Å². The summed E-state index contributed by atoms with van der Waals surface area (Å²) >= 11 is 0. The molecule has 5 heteroatoms. The van der Waals surface area contributed by atoms with Crippen molar-refractivity contribution in [1.29, 1.82) is 0 Å². The second-order valence-corrected chi connectivity index (χ2v) is 4.22. The van der Waals surface area contributed by atoms with Gasteiger partial charge in [-0.2, -0.15) is 0 Å². The summed E-state index contributed by atoms with van der Waals surface area (Å²) in [6.45, 7) is 2.46. The van der Waals surface area contributed by atoms with Crippen molar-refractivity contribution in [3.8, 4) is 5.75 Å². The number of hydrogen-bond donors (Lipinski definition) is 1. The van der Waals surface area contributed by atoms with E-state index in [0.29, 0.717) is 6.61 Å². The second-order valence-electron chi connectivity index (χ2n) is 4.22. The van der Waals surface area contributed by atoms with Crippen molar-refractivity contribution >= 4 is 0 Å². The van der Waals surface area contributed by atoms with E-state index in [-0.39, 0.29) is 6.04 Å². The minimum Gasteiger partial charge on any atom is -0.487 e. The van der Waals surface area contributed by atoms with Gasteiger partial charge in [0.25, 0.3) is 0 Å². The summed E-state index contributed by atoms with van der Waals surface area (Å²) in [5.41, 5.74) is 7.89. The van der Waals surface area contributed by atoms with Crippen LogP contribution in [0.2, 0.25) is 0 Å². The van der Waals surface area contributed by atoms with Crippen molar-refractivity contribution in [2.24, 2.45) is 12.8 Å². The van der Waals surface area contributed by atoms with Gasteiger partial charge in [-0.3, -0.25) is 4.68 Å². The van der Waals surface area contributed by atoms with Gasteiger partial charge >= 0.3 is 0 Å². The summed E-state index contributed by atoms with van der Waals surface area (Å²) in [7, 11) is 1.83. The first kappa shape index (κ1) is 12.6. The standard InChI is InChI=1S/C13H18N4O/c1-3-12(14)11-6-4-5-7-13(11)18-9-10-8-17(2)16-15-10/h4-8,12H,3,9,14H2,1-2H3/t12-/m0/s1. The lowest BCUT2D eigenvalue weighted by Crippen LogP contribution is -2.10. The maximum Gasteiger partial charge on any atom is 0.134 e. The Kier molecular flexibility index (Phi) is 3.94. The number of aromatic nitrogens is 3. The summed E-state index contributed by atoms with van der Waals surface area (Å²) in [6.07, 6.45) is 2.72. The average Bonchev–Trinajstić information content (AvgIpc) is 2.81. The number of benzene rings is 1. The molecule has 0 saturated carbocycles. The Balaban J connectivity index is 2.09. The summed E-state index contributed by atoms with van der Waals surface area (Å²) in [5, 5.41) is 7.85. The third-order valence-corrected chi connectivity index (χ3v) is 2.78. The van der Waals surface area contributed by atoms with Crippen LogP contribution >= 0.6 is 0 Å². The topological polar surface area (TPSA) is 66.0 Å². The van der Waals surface area contributed by atoms with Crippen molar-refractivity contribution in [2.45, 2.75) is 26.0 Å². The number of rotatable bonds is 5. The van der Waals surface area contributed by atoms with Gasteiger partial charge in [-0.15, -0.1) is 5.10 Å². The van der Waals surface area contributed by atoms with Crippen molar-refractivity contribution in [3.63, 3.8) is 0 Å². The predicted molar refractivity (Wildman–Crippen MR) is 69.0 cm³/mol. The molecule has 2 rings (SSSR count). The van der Waals surface area contributed by atoms with Crippen LogP contribution in [0.1, 0.15) is 30.6 Å². The van der Waals surface area contributed by atoms with E-state index in [1.165, 1.54) is 0 Å². The molecule has 0 amide bonds. The molecule has 0 saturated heterocycles. The van der Waals surface area contributed by atoms with Crippen LogP contribution in [0.25, 0.3) is 0 Å². The molecule has 0 fully saturated rings. The van der Waals surface area contributed by atoms with Crippen molar-refractivity contribution < 1.29 is 4.74 Å². The van der Waals surface area contributed by atoms with Gasteiger partial charge in [-0.05, 0) is 12.5 Å². The number of aryl methyl sites for hydroxylation is 1. The Labute approximate surface area is 107 Å². The molecule has 5 nitrogen and oxygen atoms in total. The second kappa shape index (κ2) is 5.64. The normalized spacial score (nSPS) is 12.4. The highest BCUT2D eigenvalue weighted by Gasteiger charge is 2.10. The molecule has 96 valence electrons. The van der Waals surface area contributed by atoms with Crippen LogP contribution in [0, 0.1) is 0 Å². The first-order valence-electron chi connectivity index (χ1n) is 6.03. The molecule has 0 bridgehead atoms. The minimum atomic E-state index is 0.00283. The van der Waals surface area contributed by atoms with E-state index in [1.54, 1.807) is 4.68 Å². The molecule has 2 N–H and O–H groups in total. The maximum absolute atomic E-state index is 6.06. The molecule has 0 spiro atoms. The van der Waals surface area contributed by atoms with Crippen LogP contribution in [-0.4, -0.2) is 15.0 Å². The molecule has 1 aromatic heterocycles.